The molecule has 20 heavy (non-hydrogen) atoms. The molecule has 4 nitrogen and oxygen atoms in total. The van der Waals surface area contributed by atoms with E-state index in [9.17, 15) is 10.2 Å². The number of phenols is 1. The van der Waals surface area contributed by atoms with E-state index >= 15 is 0 Å². The highest BCUT2D eigenvalue weighted by Gasteiger charge is 2.13. The Morgan fingerprint density at radius 3 is 2.45 bits per heavy atom. The molecule has 0 amide bonds. The number of nitrogens with zero attached hydrogens (tertiary/aromatic N) is 1. The van der Waals surface area contributed by atoms with Gasteiger partial charge in [-0.2, -0.15) is 0 Å². The summed E-state index contributed by atoms with van der Waals surface area (Å²) in [5.41, 5.74) is 2.23. The van der Waals surface area contributed by atoms with Crippen molar-refractivity contribution in [1.82, 2.24) is 0 Å². The molecule has 0 aliphatic rings. The summed E-state index contributed by atoms with van der Waals surface area (Å²) in [7, 11) is 3.52. The normalized spacial score (nSPS) is 12.0. The molecule has 0 saturated heterocycles. The fraction of sp³-hybridized carbons (Fsp3) is 0.250. The minimum atomic E-state index is -0.694. The predicted octanol–water partition coefficient (Wildman–Crippen LogP) is 3.22. The van der Waals surface area contributed by atoms with Gasteiger partial charge in [0.25, 0.3) is 0 Å². The molecule has 106 valence electrons. The van der Waals surface area contributed by atoms with Gasteiger partial charge in [0, 0.05) is 24.4 Å². The summed E-state index contributed by atoms with van der Waals surface area (Å²) in [6, 6.07) is 12.9. The van der Waals surface area contributed by atoms with Crippen molar-refractivity contribution in [3.05, 3.63) is 48.0 Å². The summed E-state index contributed by atoms with van der Waals surface area (Å²) < 4.78 is 5.34. The minimum Gasteiger partial charge on any atom is -0.507 e. The van der Waals surface area contributed by atoms with Gasteiger partial charge in [-0.15, -0.1) is 0 Å². The summed E-state index contributed by atoms with van der Waals surface area (Å²) in [4.78, 5) is 1.92. The highest BCUT2D eigenvalue weighted by molar-refractivity contribution is 5.69. The number of hydrogen-bond acceptors (Lipinski definition) is 4. The SMILES string of the molecule is COc1ccccc1N(C)c1ccc(C(C)O)c(O)c1. The zero-order valence-electron chi connectivity index (χ0n) is 11.9. The number of aliphatic hydroxyl groups is 1. The molecule has 1 unspecified atom stereocenters. The first-order valence-electron chi connectivity index (χ1n) is 6.42. The van der Waals surface area contributed by atoms with Gasteiger partial charge in [-0.05, 0) is 25.1 Å². The average molecular weight is 273 g/mol. The second kappa shape index (κ2) is 5.84. The molecule has 0 radical (unpaired) electrons. The van der Waals surface area contributed by atoms with Gasteiger partial charge < -0.3 is 19.8 Å². The molecular weight excluding hydrogens is 254 g/mol. The number of hydrogen-bond donors (Lipinski definition) is 2. The van der Waals surface area contributed by atoms with Crippen molar-refractivity contribution in [2.24, 2.45) is 0 Å². The number of aliphatic hydroxyl groups excluding tert-OH is 1. The van der Waals surface area contributed by atoms with Gasteiger partial charge >= 0.3 is 0 Å². The number of anilines is 2. The van der Waals surface area contributed by atoms with E-state index in [-0.39, 0.29) is 5.75 Å². The van der Waals surface area contributed by atoms with Gasteiger partial charge in [0.05, 0.1) is 18.9 Å². The number of phenolic OH excluding ortho intramolecular Hbond substituents is 1. The van der Waals surface area contributed by atoms with Gasteiger partial charge in [0.2, 0.25) is 0 Å². The standard InChI is InChI=1S/C16H19NO3/c1-11(18)13-9-8-12(10-15(13)19)17(2)14-6-4-5-7-16(14)20-3/h4-11,18-19H,1-3H3. The van der Waals surface area contributed by atoms with Crippen LogP contribution in [0.25, 0.3) is 0 Å². The highest BCUT2D eigenvalue weighted by Crippen LogP contribution is 2.35. The first-order chi connectivity index (χ1) is 9.54. The van der Waals surface area contributed by atoms with Crippen molar-refractivity contribution >= 4 is 11.4 Å². The minimum absolute atomic E-state index is 0.0826. The molecule has 2 rings (SSSR count). The Labute approximate surface area is 118 Å². The van der Waals surface area contributed by atoms with Crippen molar-refractivity contribution in [3.8, 4) is 11.5 Å². The van der Waals surface area contributed by atoms with Crippen LogP contribution in [0, 0.1) is 0 Å². The number of rotatable bonds is 4. The number of methoxy groups -OCH3 is 1. The van der Waals surface area contributed by atoms with E-state index in [1.54, 1.807) is 26.2 Å². The summed E-state index contributed by atoms with van der Waals surface area (Å²) in [6.07, 6.45) is -0.694. The van der Waals surface area contributed by atoms with E-state index in [0.29, 0.717) is 5.56 Å². The third-order valence-electron chi connectivity index (χ3n) is 3.30. The maximum absolute atomic E-state index is 9.97. The Morgan fingerprint density at radius 1 is 1.15 bits per heavy atom. The van der Waals surface area contributed by atoms with Crippen LogP contribution in [0.2, 0.25) is 0 Å². The van der Waals surface area contributed by atoms with Crippen LogP contribution in [0.3, 0.4) is 0 Å². The summed E-state index contributed by atoms with van der Waals surface area (Å²) >= 11 is 0. The van der Waals surface area contributed by atoms with E-state index in [1.165, 1.54) is 0 Å². The van der Waals surface area contributed by atoms with Gasteiger partial charge in [-0.1, -0.05) is 18.2 Å². The fourth-order valence-electron chi connectivity index (χ4n) is 2.14. The van der Waals surface area contributed by atoms with E-state index in [2.05, 4.69) is 0 Å². The smallest absolute Gasteiger partial charge is 0.142 e. The zero-order valence-corrected chi connectivity index (χ0v) is 11.9. The molecule has 0 heterocycles. The third-order valence-corrected chi connectivity index (χ3v) is 3.30. The highest BCUT2D eigenvalue weighted by atomic mass is 16.5. The molecule has 2 aromatic rings. The number of para-hydroxylation sites is 2. The van der Waals surface area contributed by atoms with Crippen molar-refractivity contribution in [1.29, 1.82) is 0 Å². The Balaban J connectivity index is 2.38. The Morgan fingerprint density at radius 2 is 1.85 bits per heavy atom. The lowest BCUT2D eigenvalue weighted by Gasteiger charge is -2.22. The van der Waals surface area contributed by atoms with Crippen LogP contribution in [0.15, 0.2) is 42.5 Å². The Bertz CT molecular complexity index is 596. The Hall–Kier alpha value is -2.20. The maximum Gasteiger partial charge on any atom is 0.142 e. The molecule has 0 aromatic heterocycles. The van der Waals surface area contributed by atoms with Crippen LogP contribution in [0.1, 0.15) is 18.6 Å². The lowest BCUT2D eigenvalue weighted by molar-refractivity contribution is 0.195. The quantitative estimate of drug-likeness (QED) is 0.898. The molecule has 1 atom stereocenters. The van der Waals surface area contributed by atoms with E-state index in [0.717, 1.165) is 17.1 Å². The van der Waals surface area contributed by atoms with Crippen LogP contribution in [-0.4, -0.2) is 24.4 Å². The van der Waals surface area contributed by atoms with E-state index in [1.807, 2.05) is 42.3 Å². The summed E-state index contributed by atoms with van der Waals surface area (Å²) in [6.45, 7) is 1.62. The van der Waals surface area contributed by atoms with Crippen LogP contribution in [0.4, 0.5) is 11.4 Å². The summed E-state index contributed by atoms with van der Waals surface area (Å²) in [5.74, 6) is 0.841. The molecule has 0 aliphatic carbocycles. The van der Waals surface area contributed by atoms with Gasteiger partial charge in [-0.3, -0.25) is 0 Å². The van der Waals surface area contributed by atoms with Crippen LogP contribution >= 0.6 is 0 Å². The summed E-state index contributed by atoms with van der Waals surface area (Å²) in [5, 5.41) is 19.5. The second-order valence-corrected chi connectivity index (χ2v) is 4.65. The molecule has 4 heteroatoms. The monoisotopic (exact) mass is 273 g/mol. The lowest BCUT2D eigenvalue weighted by atomic mass is 10.1. The van der Waals surface area contributed by atoms with E-state index < -0.39 is 6.10 Å². The van der Waals surface area contributed by atoms with Crippen molar-refractivity contribution in [2.75, 3.05) is 19.1 Å². The number of ether oxygens (including phenoxy) is 1. The number of benzene rings is 2. The van der Waals surface area contributed by atoms with Crippen molar-refractivity contribution in [3.63, 3.8) is 0 Å². The average Bonchev–Trinajstić information content (AvgIpc) is 2.45. The Kier molecular flexibility index (Phi) is 4.15. The first-order valence-corrected chi connectivity index (χ1v) is 6.42. The predicted molar refractivity (Wildman–Crippen MR) is 79.8 cm³/mol. The lowest BCUT2D eigenvalue weighted by Crippen LogP contribution is -2.10. The largest absolute Gasteiger partial charge is 0.507 e. The molecule has 0 bridgehead atoms. The third kappa shape index (κ3) is 2.70. The first kappa shape index (κ1) is 14.2. The molecule has 2 aromatic carbocycles. The van der Waals surface area contributed by atoms with E-state index in [4.69, 9.17) is 4.74 Å². The molecule has 2 N–H and O–H groups in total. The second-order valence-electron chi connectivity index (χ2n) is 4.65. The molecule has 0 spiro atoms. The number of aromatic hydroxyl groups is 1. The zero-order chi connectivity index (χ0) is 14.7. The topological polar surface area (TPSA) is 52.9 Å². The molecular formula is C16H19NO3. The molecule has 0 saturated carbocycles. The maximum atomic E-state index is 9.97. The molecule has 0 fully saturated rings. The van der Waals surface area contributed by atoms with Crippen molar-refractivity contribution in [2.45, 2.75) is 13.0 Å². The molecule has 0 aliphatic heterocycles. The fourth-order valence-corrected chi connectivity index (χ4v) is 2.14. The van der Waals surface area contributed by atoms with Gasteiger partial charge in [0.15, 0.2) is 0 Å². The van der Waals surface area contributed by atoms with Crippen LogP contribution in [0.5, 0.6) is 11.5 Å². The van der Waals surface area contributed by atoms with Crippen LogP contribution in [-0.2, 0) is 0 Å². The van der Waals surface area contributed by atoms with Crippen molar-refractivity contribution < 1.29 is 14.9 Å². The van der Waals surface area contributed by atoms with Gasteiger partial charge in [-0.25, -0.2) is 0 Å². The van der Waals surface area contributed by atoms with Crippen LogP contribution < -0.4 is 9.64 Å². The van der Waals surface area contributed by atoms with Gasteiger partial charge in [0.1, 0.15) is 11.5 Å².